The summed E-state index contributed by atoms with van der Waals surface area (Å²) in [5, 5.41) is 3.63. The number of nitrogens with one attached hydrogen (secondary N) is 1. The fourth-order valence-electron chi connectivity index (χ4n) is 2.68. The Balaban J connectivity index is 1.77. The Morgan fingerprint density at radius 3 is 2.83 bits per heavy atom. The van der Waals surface area contributed by atoms with E-state index in [4.69, 9.17) is 4.74 Å². The quantitative estimate of drug-likeness (QED) is 0.875. The lowest BCUT2D eigenvalue weighted by Gasteiger charge is -2.26. The molecule has 1 N–H and O–H groups in total. The normalized spacial score (nSPS) is 23.9. The maximum Gasteiger partial charge on any atom is 0.124 e. The first-order chi connectivity index (χ1) is 8.83. The number of aryl methyl sites for hydroxylation is 1. The van der Waals surface area contributed by atoms with E-state index in [2.05, 4.69) is 30.4 Å². The third-order valence-corrected chi connectivity index (χ3v) is 4.02. The minimum absolute atomic E-state index is 0.493. The van der Waals surface area contributed by atoms with Gasteiger partial charge in [0.1, 0.15) is 5.75 Å². The Hall–Kier alpha value is -1.02. The van der Waals surface area contributed by atoms with Crippen LogP contribution < -0.4 is 10.1 Å². The van der Waals surface area contributed by atoms with E-state index in [0.717, 1.165) is 24.8 Å². The molecule has 2 nitrogen and oxygen atoms in total. The van der Waals surface area contributed by atoms with Crippen LogP contribution in [0.25, 0.3) is 0 Å². The van der Waals surface area contributed by atoms with Gasteiger partial charge < -0.3 is 10.1 Å². The molecule has 98 valence electrons. The minimum atomic E-state index is 0.493. The Bertz CT molecular complexity index is 406. The zero-order valence-corrected chi connectivity index (χ0v) is 11.2. The predicted octanol–water partition coefficient (Wildman–Crippen LogP) is 3.60. The number of hydrogen-bond acceptors (Lipinski definition) is 2. The van der Waals surface area contributed by atoms with Gasteiger partial charge in [-0.15, -0.1) is 0 Å². The average molecular weight is 245 g/mol. The summed E-state index contributed by atoms with van der Waals surface area (Å²) in [5.74, 6) is 1.92. The Labute approximate surface area is 110 Å². The molecule has 1 aliphatic carbocycles. The molecule has 2 aliphatic rings. The third kappa shape index (κ3) is 2.86. The Morgan fingerprint density at radius 1 is 1.22 bits per heavy atom. The molecule has 1 saturated heterocycles. The van der Waals surface area contributed by atoms with Gasteiger partial charge >= 0.3 is 0 Å². The van der Waals surface area contributed by atoms with Crippen LogP contribution in [0.1, 0.15) is 49.3 Å². The number of hydrogen-bond donors (Lipinski definition) is 1. The SMILES string of the molecule is Cc1ccc(OCC2CC2)c(C2CCCCN2)c1. The molecule has 2 heteroatoms. The van der Waals surface area contributed by atoms with E-state index in [0.29, 0.717) is 6.04 Å². The zero-order chi connectivity index (χ0) is 12.4. The highest BCUT2D eigenvalue weighted by Gasteiger charge is 2.24. The van der Waals surface area contributed by atoms with Crippen LogP contribution in [0.15, 0.2) is 18.2 Å². The van der Waals surface area contributed by atoms with Crippen molar-refractivity contribution in [3.05, 3.63) is 29.3 Å². The van der Waals surface area contributed by atoms with Crippen LogP contribution in [0.3, 0.4) is 0 Å². The van der Waals surface area contributed by atoms with Crippen molar-refractivity contribution >= 4 is 0 Å². The van der Waals surface area contributed by atoms with E-state index in [9.17, 15) is 0 Å². The highest BCUT2D eigenvalue weighted by Crippen LogP contribution is 2.34. The van der Waals surface area contributed by atoms with Crippen molar-refractivity contribution in [1.29, 1.82) is 0 Å². The van der Waals surface area contributed by atoms with Crippen molar-refractivity contribution in [2.75, 3.05) is 13.2 Å². The molecule has 1 heterocycles. The molecule has 1 aliphatic heterocycles. The molecular formula is C16H23NO. The fraction of sp³-hybridized carbons (Fsp3) is 0.625. The van der Waals surface area contributed by atoms with Gasteiger partial charge in [0.2, 0.25) is 0 Å². The molecule has 0 bridgehead atoms. The second-order valence-electron chi connectivity index (χ2n) is 5.80. The lowest BCUT2D eigenvalue weighted by molar-refractivity contribution is 0.289. The van der Waals surface area contributed by atoms with Gasteiger partial charge in [0.15, 0.2) is 0 Å². The van der Waals surface area contributed by atoms with E-state index >= 15 is 0 Å². The van der Waals surface area contributed by atoms with Gasteiger partial charge in [0, 0.05) is 11.6 Å². The summed E-state index contributed by atoms with van der Waals surface area (Å²) < 4.78 is 6.03. The van der Waals surface area contributed by atoms with Crippen molar-refractivity contribution in [3.63, 3.8) is 0 Å². The first-order valence-corrected chi connectivity index (χ1v) is 7.29. The molecule has 1 aromatic carbocycles. The first-order valence-electron chi connectivity index (χ1n) is 7.29. The van der Waals surface area contributed by atoms with Gasteiger partial charge in [-0.05, 0) is 51.1 Å². The van der Waals surface area contributed by atoms with Gasteiger partial charge in [-0.1, -0.05) is 24.1 Å². The first kappa shape index (κ1) is 12.0. The molecule has 0 amide bonds. The maximum atomic E-state index is 6.03. The summed E-state index contributed by atoms with van der Waals surface area (Å²) in [6.45, 7) is 4.21. The molecule has 0 radical (unpaired) electrons. The number of ether oxygens (including phenoxy) is 1. The molecule has 1 unspecified atom stereocenters. The summed E-state index contributed by atoms with van der Waals surface area (Å²) >= 11 is 0. The smallest absolute Gasteiger partial charge is 0.124 e. The topological polar surface area (TPSA) is 21.3 Å². The van der Waals surface area contributed by atoms with E-state index < -0.39 is 0 Å². The van der Waals surface area contributed by atoms with Crippen molar-refractivity contribution in [3.8, 4) is 5.75 Å². The van der Waals surface area contributed by atoms with Crippen LogP contribution >= 0.6 is 0 Å². The molecular weight excluding hydrogens is 222 g/mol. The summed E-state index contributed by atoms with van der Waals surface area (Å²) in [6, 6.07) is 7.11. The van der Waals surface area contributed by atoms with Crippen LogP contribution in [-0.4, -0.2) is 13.2 Å². The lowest BCUT2D eigenvalue weighted by atomic mass is 9.95. The highest BCUT2D eigenvalue weighted by molar-refractivity contribution is 5.39. The fourth-order valence-corrected chi connectivity index (χ4v) is 2.68. The van der Waals surface area contributed by atoms with E-state index in [1.807, 2.05) is 0 Å². The third-order valence-electron chi connectivity index (χ3n) is 4.02. The van der Waals surface area contributed by atoms with E-state index in [1.54, 1.807) is 0 Å². The van der Waals surface area contributed by atoms with E-state index in [-0.39, 0.29) is 0 Å². The molecule has 2 fully saturated rings. The molecule has 1 atom stereocenters. The van der Waals surface area contributed by atoms with Gasteiger partial charge in [0.05, 0.1) is 6.61 Å². The van der Waals surface area contributed by atoms with E-state index in [1.165, 1.54) is 43.2 Å². The lowest BCUT2D eigenvalue weighted by Crippen LogP contribution is -2.27. The van der Waals surface area contributed by atoms with Crippen LogP contribution in [0, 0.1) is 12.8 Å². The van der Waals surface area contributed by atoms with Crippen LogP contribution in [0.5, 0.6) is 5.75 Å². The van der Waals surface area contributed by atoms with Crippen molar-refractivity contribution in [2.24, 2.45) is 5.92 Å². The van der Waals surface area contributed by atoms with Gasteiger partial charge in [0.25, 0.3) is 0 Å². The molecule has 0 spiro atoms. The summed E-state index contributed by atoms with van der Waals surface area (Å²) in [5.41, 5.74) is 2.70. The highest BCUT2D eigenvalue weighted by atomic mass is 16.5. The number of benzene rings is 1. The Morgan fingerprint density at radius 2 is 2.11 bits per heavy atom. The van der Waals surface area contributed by atoms with Crippen LogP contribution in [0.4, 0.5) is 0 Å². The average Bonchev–Trinajstić information content (AvgIpc) is 3.22. The summed E-state index contributed by atoms with van der Waals surface area (Å²) in [7, 11) is 0. The van der Waals surface area contributed by atoms with Crippen molar-refractivity contribution in [2.45, 2.75) is 45.1 Å². The number of rotatable bonds is 4. The van der Waals surface area contributed by atoms with Gasteiger partial charge in [-0.2, -0.15) is 0 Å². The summed E-state index contributed by atoms with van der Waals surface area (Å²) in [4.78, 5) is 0. The molecule has 1 saturated carbocycles. The van der Waals surface area contributed by atoms with Gasteiger partial charge in [-0.3, -0.25) is 0 Å². The number of piperidine rings is 1. The molecule has 3 rings (SSSR count). The molecule has 1 aromatic rings. The largest absolute Gasteiger partial charge is 0.493 e. The van der Waals surface area contributed by atoms with Crippen LogP contribution in [-0.2, 0) is 0 Å². The monoisotopic (exact) mass is 245 g/mol. The van der Waals surface area contributed by atoms with Crippen molar-refractivity contribution < 1.29 is 4.74 Å². The van der Waals surface area contributed by atoms with Crippen LogP contribution in [0.2, 0.25) is 0 Å². The van der Waals surface area contributed by atoms with Crippen molar-refractivity contribution in [1.82, 2.24) is 5.32 Å². The molecule has 0 aromatic heterocycles. The van der Waals surface area contributed by atoms with Gasteiger partial charge in [-0.25, -0.2) is 0 Å². The standard InChI is InChI=1S/C16H23NO/c1-12-5-8-16(18-11-13-6-7-13)14(10-12)15-4-2-3-9-17-15/h5,8,10,13,15,17H,2-4,6-7,9,11H2,1H3. The predicted molar refractivity (Wildman–Crippen MR) is 74.0 cm³/mol. The minimum Gasteiger partial charge on any atom is -0.493 e. The maximum absolute atomic E-state index is 6.03. The zero-order valence-electron chi connectivity index (χ0n) is 11.2. The second kappa shape index (κ2) is 5.31. The molecule has 18 heavy (non-hydrogen) atoms. The Kier molecular flexibility index (Phi) is 3.55. The summed E-state index contributed by atoms with van der Waals surface area (Å²) in [6.07, 6.45) is 6.57. The second-order valence-corrected chi connectivity index (χ2v) is 5.80.